The summed E-state index contributed by atoms with van der Waals surface area (Å²) >= 11 is 0. The van der Waals surface area contributed by atoms with Crippen molar-refractivity contribution in [2.75, 3.05) is 39.5 Å². The van der Waals surface area contributed by atoms with Gasteiger partial charge in [-0.1, -0.05) is 0 Å². The first-order chi connectivity index (χ1) is 8.91. The van der Waals surface area contributed by atoms with Gasteiger partial charge in [0.05, 0.1) is 0 Å². The number of carbonyl (C=O) groups excluding carboxylic acids is 3. The first-order valence-electron chi connectivity index (χ1n) is 6.04. The summed E-state index contributed by atoms with van der Waals surface area (Å²) in [6.45, 7) is 6.21. The van der Waals surface area contributed by atoms with Crippen LogP contribution in [0.25, 0.3) is 0 Å². The van der Waals surface area contributed by atoms with E-state index in [-0.39, 0.29) is 37.7 Å². The molecule has 0 fully saturated rings. The number of ether oxygens (including phenoxy) is 3. The Labute approximate surface area is 112 Å². The predicted molar refractivity (Wildman–Crippen MR) is 66.6 cm³/mol. The van der Waals surface area contributed by atoms with Gasteiger partial charge in [0, 0.05) is 20.8 Å². The summed E-state index contributed by atoms with van der Waals surface area (Å²) in [5.74, 6) is -1.04. The van der Waals surface area contributed by atoms with Crippen molar-refractivity contribution in [3.05, 3.63) is 0 Å². The van der Waals surface area contributed by atoms with Crippen molar-refractivity contribution in [3.63, 3.8) is 0 Å². The SMILES string of the molecule is CC(=O)OCC[N+](CCOC(C)=O)CCOC(C)=O. The summed E-state index contributed by atoms with van der Waals surface area (Å²) in [4.78, 5) is 33.8. The van der Waals surface area contributed by atoms with Gasteiger partial charge < -0.3 is 14.2 Å². The minimum atomic E-state index is -0.347. The van der Waals surface area contributed by atoms with Crippen LogP contribution >= 0.6 is 0 Å². The van der Waals surface area contributed by atoms with Gasteiger partial charge in [-0.25, -0.2) is 0 Å². The van der Waals surface area contributed by atoms with Crippen molar-refractivity contribution in [2.45, 2.75) is 20.8 Å². The Morgan fingerprint density at radius 3 is 1.16 bits per heavy atom. The van der Waals surface area contributed by atoms with E-state index in [1.807, 2.05) is 4.90 Å². The number of hydrogen-bond acceptors (Lipinski definition) is 7. The van der Waals surface area contributed by atoms with E-state index < -0.39 is 0 Å². The lowest BCUT2D eigenvalue weighted by Crippen LogP contribution is -2.40. The van der Waals surface area contributed by atoms with Crippen LogP contribution in [-0.2, 0) is 28.6 Å². The van der Waals surface area contributed by atoms with Gasteiger partial charge in [0.15, 0.2) is 19.6 Å². The Bertz CT molecular complexity index is 257. The summed E-state index contributed by atoms with van der Waals surface area (Å²) < 4.78 is 14.5. The van der Waals surface area contributed by atoms with Crippen molar-refractivity contribution in [1.82, 2.24) is 4.90 Å². The quantitative estimate of drug-likeness (QED) is 0.329. The molecule has 0 aliphatic heterocycles. The molecule has 1 radical (unpaired) electrons. The van der Waals surface area contributed by atoms with E-state index >= 15 is 0 Å². The first kappa shape index (κ1) is 17.4. The van der Waals surface area contributed by atoms with E-state index in [1.165, 1.54) is 20.8 Å². The zero-order chi connectivity index (χ0) is 14.7. The predicted octanol–water partition coefficient (Wildman–Crippen LogP) is -0.184. The lowest BCUT2D eigenvalue weighted by Gasteiger charge is -2.12. The normalized spacial score (nSPS) is 10.1. The monoisotopic (exact) mass is 275 g/mol. The molecule has 0 rings (SSSR count). The van der Waals surface area contributed by atoms with Gasteiger partial charge in [-0.3, -0.25) is 14.4 Å². The van der Waals surface area contributed by atoms with Gasteiger partial charge in [-0.2, -0.15) is 4.90 Å². The summed E-state index contributed by atoms with van der Waals surface area (Å²) in [7, 11) is 0. The molecule has 7 nitrogen and oxygen atoms in total. The van der Waals surface area contributed by atoms with E-state index in [0.717, 1.165) is 0 Å². The molecule has 0 bridgehead atoms. The number of nitrogens with zero attached hydrogens (tertiary/aromatic N) is 1. The molecule has 0 aromatic rings. The molecule has 0 heterocycles. The molecule has 0 aliphatic carbocycles. The molecule has 0 atom stereocenters. The highest BCUT2D eigenvalue weighted by Crippen LogP contribution is 1.89. The molecule has 0 aromatic heterocycles. The van der Waals surface area contributed by atoms with Crippen molar-refractivity contribution in [3.8, 4) is 0 Å². The van der Waals surface area contributed by atoms with Crippen LogP contribution in [0.3, 0.4) is 0 Å². The minimum Gasteiger partial charge on any atom is -0.460 e. The second-order valence-corrected chi connectivity index (χ2v) is 3.86. The Kier molecular flexibility index (Phi) is 9.42. The molecule has 0 N–H and O–H groups in total. The highest BCUT2D eigenvalue weighted by molar-refractivity contribution is 5.66. The average Bonchev–Trinajstić information content (AvgIpc) is 2.26. The fourth-order valence-corrected chi connectivity index (χ4v) is 1.29. The fraction of sp³-hybridized carbons (Fsp3) is 0.750. The van der Waals surface area contributed by atoms with Crippen molar-refractivity contribution in [1.29, 1.82) is 0 Å². The van der Waals surface area contributed by atoms with Gasteiger partial charge in [0.1, 0.15) is 19.8 Å². The average molecular weight is 275 g/mol. The molecular formula is C12H21NO6+. The summed E-state index contributed by atoms with van der Waals surface area (Å²) in [6.07, 6.45) is 0. The van der Waals surface area contributed by atoms with Gasteiger partial charge in [-0.05, 0) is 0 Å². The van der Waals surface area contributed by atoms with Gasteiger partial charge in [0.25, 0.3) is 0 Å². The van der Waals surface area contributed by atoms with Crippen LogP contribution in [0, 0.1) is 0 Å². The van der Waals surface area contributed by atoms with Crippen LogP contribution in [-0.4, -0.2) is 57.4 Å². The molecule has 0 aromatic carbocycles. The van der Waals surface area contributed by atoms with E-state index in [1.54, 1.807) is 0 Å². The van der Waals surface area contributed by atoms with Gasteiger partial charge >= 0.3 is 17.9 Å². The number of hydrogen-bond donors (Lipinski definition) is 0. The van der Waals surface area contributed by atoms with Crippen molar-refractivity contribution >= 4 is 17.9 Å². The third kappa shape index (κ3) is 12.6. The molecule has 0 spiro atoms. The highest BCUT2D eigenvalue weighted by Gasteiger charge is 2.16. The zero-order valence-electron chi connectivity index (χ0n) is 11.6. The largest absolute Gasteiger partial charge is 0.460 e. The highest BCUT2D eigenvalue weighted by atomic mass is 16.5. The fourth-order valence-electron chi connectivity index (χ4n) is 1.29. The van der Waals surface area contributed by atoms with E-state index in [2.05, 4.69) is 0 Å². The lowest BCUT2D eigenvalue weighted by atomic mass is 10.4. The molecule has 0 aliphatic rings. The molecule has 7 heteroatoms. The van der Waals surface area contributed by atoms with Crippen LogP contribution in [0.5, 0.6) is 0 Å². The second-order valence-electron chi connectivity index (χ2n) is 3.86. The van der Waals surface area contributed by atoms with Crippen LogP contribution in [0.1, 0.15) is 20.8 Å². The lowest BCUT2D eigenvalue weighted by molar-refractivity contribution is -0.141. The van der Waals surface area contributed by atoms with E-state index in [0.29, 0.717) is 19.6 Å². The molecule has 0 unspecified atom stereocenters. The Morgan fingerprint density at radius 1 is 0.684 bits per heavy atom. The maximum absolute atomic E-state index is 10.7. The summed E-state index contributed by atoms with van der Waals surface area (Å²) in [5.41, 5.74) is 0. The maximum atomic E-state index is 10.7. The van der Waals surface area contributed by atoms with E-state index in [9.17, 15) is 14.4 Å². The van der Waals surface area contributed by atoms with Crippen molar-refractivity contribution in [2.24, 2.45) is 0 Å². The smallest absolute Gasteiger partial charge is 0.302 e. The second kappa shape index (κ2) is 10.3. The Morgan fingerprint density at radius 2 is 0.947 bits per heavy atom. The van der Waals surface area contributed by atoms with Crippen LogP contribution in [0.15, 0.2) is 0 Å². The Balaban J connectivity index is 3.94. The van der Waals surface area contributed by atoms with Gasteiger partial charge in [-0.15, -0.1) is 0 Å². The Hall–Kier alpha value is -1.63. The molecule has 0 saturated carbocycles. The van der Waals surface area contributed by atoms with Crippen LogP contribution in [0.4, 0.5) is 0 Å². The zero-order valence-corrected chi connectivity index (χ0v) is 11.6. The standard InChI is InChI=1S/C12H21NO6/c1-10(14)17-7-4-13(5-8-18-11(2)15)6-9-19-12(3)16/h4-9H2,1-3H3/q+1. The van der Waals surface area contributed by atoms with Gasteiger partial charge in [0.2, 0.25) is 0 Å². The third-order valence-electron chi connectivity index (χ3n) is 2.14. The molecular weight excluding hydrogens is 254 g/mol. The first-order valence-corrected chi connectivity index (χ1v) is 6.04. The topological polar surface area (TPSA) is 84.8 Å². The van der Waals surface area contributed by atoms with Crippen LogP contribution < -0.4 is 4.90 Å². The molecule has 19 heavy (non-hydrogen) atoms. The maximum Gasteiger partial charge on any atom is 0.302 e. The van der Waals surface area contributed by atoms with E-state index in [4.69, 9.17) is 14.2 Å². The summed E-state index contributed by atoms with van der Waals surface area (Å²) in [5, 5.41) is 0. The number of carbonyl (C=O) groups is 3. The molecule has 0 amide bonds. The molecule has 109 valence electrons. The van der Waals surface area contributed by atoms with Crippen LogP contribution in [0.2, 0.25) is 0 Å². The number of esters is 3. The molecule has 0 saturated heterocycles. The van der Waals surface area contributed by atoms with Crippen molar-refractivity contribution < 1.29 is 28.6 Å². The third-order valence-corrected chi connectivity index (χ3v) is 2.14. The number of rotatable bonds is 9. The summed E-state index contributed by atoms with van der Waals surface area (Å²) in [6, 6.07) is 0. The minimum absolute atomic E-state index is 0.246.